The van der Waals surface area contributed by atoms with Crippen molar-refractivity contribution in [2.45, 2.75) is 57.4 Å². The summed E-state index contributed by atoms with van der Waals surface area (Å²) in [5, 5.41) is 0. The summed E-state index contributed by atoms with van der Waals surface area (Å²) in [6.45, 7) is 5.73. The first-order valence-corrected chi connectivity index (χ1v) is 8.68. The molecule has 5 heteroatoms. The van der Waals surface area contributed by atoms with Gasteiger partial charge in [0.1, 0.15) is 0 Å². The molecule has 0 saturated heterocycles. The van der Waals surface area contributed by atoms with E-state index in [1.165, 1.54) is 6.42 Å². The summed E-state index contributed by atoms with van der Waals surface area (Å²) in [5.74, 6) is 0.390. The minimum Gasteiger partial charge on any atom is -0.398 e. The van der Waals surface area contributed by atoms with Crippen molar-refractivity contribution in [3.05, 3.63) is 23.3 Å². The van der Waals surface area contributed by atoms with Gasteiger partial charge in [-0.05, 0) is 55.9 Å². The van der Waals surface area contributed by atoms with Crippen molar-refractivity contribution >= 4 is 15.7 Å². The van der Waals surface area contributed by atoms with E-state index in [0.717, 1.165) is 24.8 Å². The molecule has 1 saturated carbocycles. The van der Waals surface area contributed by atoms with E-state index in [9.17, 15) is 8.42 Å². The maximum absolute atomic E-state index is 12.6. The van der Waals surface area contributed by atoms with Crippen molar-refractivity contribution in [2.75, 3.05) is 5.73 Å². The normalized spacial score (nSPS) is 23.8. The van der Waals surface area contributed by atoms with Gasteiger partial charge in [-0.1, -0.05) is 19.8 Å². The molecule has 1 aliphatic rings. The highest BCUT2D eigenvalue weighted by molar-refractivity contribution is 7.89. The van der Waals surface area contributed by atoms with Crippen molar-refractivity contribution in [1.29, 1.82) is 0 Å². The van der Waals surface area contributed by atoms with E-state index in [1.807, 2.05) is 6.92 Å². The lowest BCUT2D eigenvalue weighted by Gasteiger charge is -2.29. The highest BCUT2D eigenvalue weighted by Gasteiger charge is 2.28. The van der Waals surface area contributed by atoms with Gasteiger partial charge < -0.3 is 5.73 Å². The highest BCUT2D eigenvalue weighted by Crippen LogP contribution is 2.27. The van der Waals surface area contributed by atoms with E-state index in [4.69, 9.17) is 5.73 Å². The number of hydrogen-bond acceptors (Lipinski definition) is 3. The van der Waals surface area contributed by atoms with Crippen LogP contribution in [0.3, 0.4) is 0 Å². The Kier molecular flexibility index (Phi) is 4.39. The minimum absolute atomic E-state index is 0.0369. The lowest BCUT2D eigenvalue weighted by molar-refractivity contribution is 0.310. The molecule has 0 spiro atoms. The number of nitrogens with one attached hydrogen (secondary N) is 1. The van der Waals surface area contributed by atoms with Crippen LogP contribution in [0.2, 0.25) is 0 Å². The number of rotatable bonds is 3. The first-order chi connectivity index (χ1) is 9.31. The largest absolute Gasteiger partial charge is 0.398 e. The van der Waals surface area contributed by atoms with Crippen molar-refractivity contribution in [3.8, 4) is 0 Å². The fourth-order valence-electron chi connectivity index (χ4n) is 2.89. The predicted molar refractivity (Wildman–Crippen MR) is 82.1 cm³/mol. The first kappa shape index (κ1) is 15.3. The van der Waals surface area contributed by atoms with Gasteiger partial charge in [0.2, 0.25) is 10.0 Å². The van der Waals surface area contributed by atoms with E-state index in [0.29, 0.717) is 22.1 Å². The molecular formula is C15H24N2O2S. The Morgan fingerprint density at radius 3 is 2.50 bits per heavy atom. The van der Waals surface area contributed by atoms with E-state index >= 15 is 0 Å². The number of hydrogen-bond donors (Lipinski definition) is 2. The molecular weight excluding hydrogens is 272 g/mol. The van der Waals surface area contributed by atoms with E-state index in [2.05, 4.69) is 11.6 Å². The number of nitrogen functional groups attached to an aromatic ring is 1. The smallest absolute Gasteiger partial charge is 0.241 e. The Bertz CT molecular complexity index is 596. The zero-order chi connectivity index (χ0) is 14.9. The van der Waals surface area contributed by atoms with Crippen LogP contribution in [0.25, 0.3) is 0 Å². The van der Waals surface area contributed by atoms with Gasteiger partial charge in [-0.2, -0.15) is 0 Å². The molecule has 0 heterocycles. The van der Waals surface area contributed by atoms with Gasteiger partial charge in [-0.25, -0.2) is 13.1 Å². The Morgan fingerprint density at radius 2 is 1.85 bits per heavy atom. The summed E-state index contributed by atoms with van der Waals surface area (Å²) < 4.78 is 28.1. The monoisotopic (exact) mass is 296 g/mol. The Balaban J connectivity index is 2.31. The van der Waals surface area contributed by atoms with Gasteiger partial charge in [0.15, 0.2) is 0 Å². The second kappa shape index (κ2) is 5.74. The Hall–Kier alpha value is -1.07. The number of sulfonamides is 1. The van der Waals surface area contributed by atoms with Crippen LogP contribution in [-0.2, 0) is 10.0 Å². The Morgan fingerprint density at radius 1 is 1.20 bits per heavy atom. The summed E-state index contributed by atoms with van der Waals surface area (Å²) in [4.78, 5) is 0.313. The van der Waals surface area contributed by atoms with Crippen molar-refractivity contribution in [2.24, 2.45) is 5.92 Å². The maximum Gasteiger partial charge on any atom is 0.241 e. The van der Waals surface area contributed by atoms with E-state index in [-0.39, 0.29) is 6.04 Å². The number of benzene rings is 1. The van der Waals surface area contributed by atoms with E-state index < -0.39 is 10.0 Å². The number of aryl methyl sites for hydroxylation is 1. The van der Waals surface area contributed by atoms with Gasteiger partial charge in [-0.3, -0.25) is 0 Å². The molecule has 2 atom stereocenters. The zero-order valence-electron chi connectivity index (χ0n) is 12.4. The second-order valence-corrected chi connectivity index (χ2v) is 7.65. The van der Waals surface area contributed by atoms with Crippen molar-refractivity contribution in [3.63, 3.8) is 0 Å². The molecule has 4 nitrogen and oxygen atoms in total. The third-order valence-corrected chi connectivity index (χ3v) is 5.87. The van der Waals surface area contributed by atoms with Crippen LogP contribution < -0.4 is 10.5 Å². The third kappa shape index (κ3) is 3.15. The lowest BCUT2D eigenvalue weighted by Crippen LogP contribution is -2.41. The molecule has 20 heavy (non-hydrogen) atoms. The summed E-state index contributed by atoms with van der Waals surface area (Å²) >= 11 is 0. The maximum atomic E-state index is 12.6. The minimum atomic E-state index is -3.50. The van der Waals surface area contributed by atoms with Crippen LogP contribution in [0.5, 0.6) is 0 Å². The first-order valence-electron chi connectivity index (χ1n) is 7.20. The number of nitrogens with two attached hydrogens (primary N) is 1. The van der Waals surface area contributed by atoms with Gasteiger partial charge in [0.05, 0.1) is 4.90 Å². The van der Waals surface area contributed by atoms with Crippen LogP contribution in [0.15, 0.2) is 17.0 Å². The highest BCUT2D eigenvalue weighted by atomic mass is 32.2. The molecule has 1 aromatic carbocycles. The van der Waals surface area contributed by atoms with Crippen molar-refractivity contribution in [1.82, 2.24) is 4.72 Å². The molecule has 1 fully saturated rings. The molecule has 0 aromatic heterocycles. The quantitative estimate of drug-likeness (QED) is 0.842. The zero-order valence-corrected chi connectivity index (χ0v) is 13.3. The summed E-state index contributed by atoms with van der Waals surface area (Å²) in [6.07, 6.45) is 4.28. The second-order valence-electron chi connectivity index (χ2n) is 5.97. The molecule has 1 aliphatic carbocycles. The average molecular weight is 296 g/mol. The lowest BCUT2D eigenvalue weighted by atomic mass is 9.87. The molecule has 3 N–H and O–H groups in total. The van der Waals surface area contributed by atoms with Gasteiger partial charge in [0.25, 0.3) is 0 Å². The van der Waals surface area contributed by atoms with Gasteiger partial charge >= 0.3 is 0 Å². The Labute approximate surface area is 121 Å². The molecule has 0 radical (unpaired) electrons. The van der Waals surface area contributed by atoms with Crippen molar-refractivity contribution < 1.29 is 8.42 Å². The van der Waals surface area contributed by atoms with Gasteiger partial charge in [-0.15, -0.1) is 0 Å². The van der Waals surface area contributed by atoms with Gasteiger partial charge in [0, 0.05) is 11.7 Å². The molecule has 112 valence electrons. The molecule has 0 aliphatic heterocycles. The molecule has 1 aromatic rings. The molecule has 2 unspecified atom stereocenters. The van der Waals surface area contributed by atoms with Crippen LogP contribution >= 0.6 is 0 Å². The summed E-state index contributed by atoms with van der Waals surface area (Å²) in [5.41, 5.74) is 7.91. The predicted octanol–water partition coefficient (Wildman–Crippen LogP) is 2.74. The summed E-state index contributed by atoms with van der Waals surface area (Å²) in [7, 11) is -3.50. The standard InChI is InChI=1S/C15H24N2O2S/c1-10-8-13(16)12(3)15(9-10)20(18,19)17-14-7-5-4-6-11(14)2/h8-9,11,14,17H,4-7,16H2,1-3H3. The van der Waals surface area contributed by atoms with Crippen LogP contribution in [0.4, 0.5) is 5.69 Å². The van der Waals surface area contributed by atoms with Crippen LogP contribution in [0, 0.1) is 19.8 Å². The topological polar surface area (TPSA) is 72.2 Å². The SMILES string of the molecule is Cc1cc(N)c(C)c(S(=O)(=O)NC2CCCCC2C)c1. The fourth-order valence-corrected chi connectivity index (χ4v) is 4.62. The van der Waals surface area contributed by atoms with Crippen LogP contribution in [-0.4, -0.2) is 14.5 Å². The average Bonchev–Trinajstić information content (AvgIpc) is 2.36. The molecule has 0 bridgehead atoms. The number of anilines is 1. The summed E-state index contributed by atoms with van der Waals surface area (Å²) in [6, 6.07) is 3.54. The van der Waals surface area contributed by atoms with Crippen LogP contribution in [0.1, 0.15) is 43.7 Å². The molecule has 0 amide bonds. The third-order valence-electron chi connectivity index (χ3n) is 4.25. The fraction of sp³-hybridized carbons (Fsp3) is 0.600. The van der Waals surface area contributed by atoms with E-state index in [1.54, 1.807) is 19.1 Å². The molecule has 2 rings (SSSR count).